The van der Waals surface area contributed by atoms with Crippen molar-refractivity contribution in [1.82, 2.24) is 5.32 Å². The minimum Gasteiger partial charge on any atom is -0.467 e. The van der Waals surface area contributed by atoms with E-state index in [1.54, 1.807) is 24.3 Å². The molecule has 1 aromatic rings. The fraction of sp³-hybridized carbons (Fsp3) is 0.429. The Kier molecular flexibility index (Phi) is 6.31. The van der Waals surface area contributed by atoms with Gasteiger partial charge in [0.2, 0.25) is 0 Å². The minimum absolute atomic E-state index is 0.250. The van der Waals surface area contributed by atoms with Crippen LogP contribution in [-0.2, 0) is 9.53 Å². The Labute approximate surface area is 123 Å². The van der Waals surface area contributed by atoms with Crippen LogP contribution < -0.4 is 10.6 Å². The third kappa shape index (κ3) is 5.09. The molecule has 0 saturated heterocycles. The van der Waals surface area contributed by atoms with Gasteiger partial charge in [-0.1, -0.05) is 37.6 Å². The van der Waals surface area contributed by atoms with Crippen LogP contribution in [0.2, 0.25) is 5.02 Å². The van der Waals surface area contributed by atoms with Crippen molar-refractivity contribution in [2.45, 2.75) is 26.3 Å². The molecular weight excluding hydrogens is 280 g/mol. The van der Waals surface area contributed by atoms with E-state index in [-0.39, 0.29) is 5.92 Å². The molecule has 0 bridgehead atoms. The third-order valence-corrected chi connectivity index (χ3v) is 2.95. The van der Waals surface area contributed by atoms with Crippen LogP contribution in [0.4, 0.5) is 10.5 Å². The molecule has 1 unspecified atom stereocenters. The summed E-state index contributed by atoms with van der Waals surface area (Å²) in [5.41, 5.74) is 0.486. The molecule has 20 heavy (non-hydrogen) atoms. The van der Waals surface area contributed by atoms with Gasteiger partial charge >= 0.3 is 12.0 Å². The highest BCUT2D eigenvalue weighted by atomic mass is 35.5. The van der Waals surface area contributed by atoms with E-state index >= 15 is 0 Å². The molecule has 0 aliphatic rings. The first kappa shape index (κ1) is 16.3. The van der Waals surface area contributed by atoms with Gasteiger partial charge < -0.3 is 15.4 Å². The van der Waals surface area contributed by atoms with Crippen molar-refractivity contribution >= 4 is 29.3 Å². The average Bonchev–Trinajstić information content (AvgIpc) is 2.39. The van der Waals surface area contributed by atoms with Gasteiger partial charge in [-0.15, -0.1) is 0 Å². The van der Waals surface area contributed by atoms with E-state index in [1.807, 2.05) is 13.8 Å². The van der Waals surface area contributed by atoms with Gasteiger partial charge in [0.25, 0.3) is 0 Å². The van der Waals surface area contributed by atoms with E-state index in [0.717, 1.165) is 0 Å². The largest absolute Gasteiger partial charge is 0.467 e. The summed E-state index contributed by atoms with van der Waals surface area (Å²) in [6, 6.07) is 5.70. The molecule has 2 amide bonds. The highest BCUT2D eigenvalue weighted by Gasteiger charge is 2.22. The Hall–Kier alpha value is -1.75. The standard InChI is InChI=1S/C14H19ClN2O3/c1-9(2)8-12(13(18)20-3)17-14(19)16-11-7-5-4-6-10(11)15/h4-7,9,12H,8H2,1-3H3,(H2,16,17,19). The van der Waals surface area contributed by atoms with Crippen molar-refractivity contribution in [2.75, 3.05) is 12.4 Å². The molecule has 0 saturated carbocycles. The second kappa shape index (κ2) is 7.75. The fourth-order valence-electron chi connectivity index (χ4n) is 1.71. The number of carbonyl (C=O) groups excluding carboxylic acids is 2. The smallest absolute Gasteiger partial charge is 0.328 e. The van der Waals surface area contributed by atoms with Gasteiger partial charge in [0.1, 0.15) is 6.04 Å². The fourth-order valence-corrected chi connectivity index (χ4v) is 1.89. The molecule has 0 aromatic heterocycles. The predicted octanol–water partition coefficient (Wildman–Crippen LogP) is 3.05. The first-order valence-corrected chi connectivity index (χ1v) is 6.71. The van der Waals surface area contributed by atoms with Crippen LogP contribution >= 0.6 is 11.6 Å². The quantitative estimate of drug-likeness (QED) is 0.821. The zero-order valence-corrected chi connectivity index (χ0v) is 12.5. The predicted molar refractivity (Wildman–Crippen MR) is 78.9 cm³/mol. The maximum Gasteiger partial charge on any atom is 0.328 e. The SMILES string of the molecule is COC(=O)C(CC(C)C)NC(=O)Nc1ccccc1Cl. The summed E-state index contributed by atoms with van der Waals surface area (Å²) in [7, 11) is 1.29. The van der Waals surface area contributed by atoms with Crippen molar-refractivity contribution in [2.24, 2.45) is 5.92 Å². The molecule has 0 aliphatic carbocycles. The number of urea groups is 1. The molecule has 0 spiro atoms. The number of hydrogen-bond donors (Lipinski definition) is 2. The topological polar surface area (TPSA) is 67.4 Å². The molecule has 1 rings (SSSR count). The van der Waals surface area contributed by atoms with Crippen LogP contribution in [0.1, 0.15) is 20.3 Å². The Morgan fingerprint density at radius 2 is 1.95 bits per heavy atom. The van der Waals surface area contributed by atoms with Crippen molar-refractivity contribution in [3.8, 4) is 0 Å². The lowest BCUT2D eigenvalue weighted by Crippen LogP contribution is -2.44. The lowest BCUT2D eigenvalue weighted by molar-refractivity contribution is -0.143. The molecular formula is C14H19ClN2O3. The Bertz CT molecular complexity index is 477. The summed E-state index contributed by atoms with van der Waals surface area (Å²) in [5, 5.41) is 5.63. The summed E-state index contributed by atoms with van der Waals surface area (Å²) in [5.74, 6) is -0.215. The van der Waals surface area contributed by atoms with Crippen LogP contribution in [-0.4, -0.2) is 25.2 Å². The minimum atomic E-state index is -0.678. The molecule has 0 aliphatic heterocycles. The number of esters is 1. The molecule has 0 radical (unpaired) electrons. The number of para-hydroxylation sites is 1. The lowest BCUT2D eigenvalue weighted by Gasteiger charge is -2.18. The van der Waals surface area contributed by atoms with Crippen LogP contribution in [0.3, 0.4) is 0 Å². The molecule has 6 heteroatoms. The molecule has 1 aromatic carbocycles. The van der Waals surface area contributed by atoms with Crippen LogP contribution in [0, 0.1) is 5.92 Å². The Morgan fingerprint density at radius 3 is 2.50 bits per heavy atom. The molecule has 1 atom stereocenters. The van der Waals surface area contributed by atoms with Crippen molar-refractivity contribution < 1.29 is 14.3 Å². The number of amides is 2. The van der Waals surface area contributed by atoms with Crippen LogP contribution in [0.15, 0.2) is 24.3 Å². The van der Waals surface area contributed by atoms with E-state index in [2.05, 4.69) is 15.4 Å². The van der Waals surface area contributed by atoms with E-state index in [1.165, 1.54) is 7.11 Å². The lowest BCUT2D eigenvalue weighted by atomic mass is 10.0. The number of hydrogen-bond acceptors (Lipinski definition) is 3. The number of benzene rings is 1. The van der Waals surface area contributed by atoms with E-state index in [0.29, 0.717) is 17.1 Å². The first-order valence-electron chi connectivity index (χ1n) is 6.34. The molecule has 2 N–H and O–H groups in total. The van der Waals surface area contributed by atoms with Crippen LogP contribution in [0.25, 0.3) is 0 Å². The van der Waals surface area contributed by atoms with E-state index in [4.69, 9.17) is 11.6 Å². The number of nitrogens with one attached hydrogen (secondary N) is 2. The zero-order valence-electron chi connectivity index (χ0n) is 11.8. The van der Waals surface area contributed by atoms with E-state index in [9.17, 15) is 9.59 Å². The van der Waals surface area contributed by atoms with Gasteiger partial charge in [0, 0.05) is 0 Å². The molecule has 0 fully saturated rings. The third-order valence-electron chi connectivity index (χ3n) is 2.62. The molecule has 5 nitrogen and oxygen atoms in total. The normalized spacial score (nSPS) is 11.8. The number of methoxy groups -OCH3 is 1. The highest BCUT2D eigenvalue weighted by Crippen LogP contribution is 2.20. The first-order chi connectivity index (χ1) is 9.43. The Balaban J connectivity index is 2.66. The zero-order chi connectivity index (χ0) is 15.1. The van der Waals surface area contributed by atoms with Crippen molar-refractivity contribution in [3.63, 3.8) is 0 Å². The average molecular weight is 299 g/mol. The summed E-state index contributed by atoms with van der Waals surface area (Å²) in [6.45, 7) is 3.92. The van der Waals surface area contributed by atoms with Gasteiger partial charge in [-0.25, -0.2) is 9.59 Å². The van der Waals surface area contributed by atoms with Gasteiger partial charge in [0.05, 0.1) is 17.8 Å². The second-order valence-electron chi connectivity index (χ2n) is 4.78. The summed E-state index contributed by atoms with van der Waals surface area (Å²) >= 11 is 5.94. The Morgan fingerprint density at radius 1 is 1.30 bits per heavy atom. The molecule has 0 heterocycles. The van der Waals surface area contributed by atoms with Gasteiger partial charge in [-0.3, -0.25) is 0 Å². The summed E-state index contributed by atoms with van der Waals surface area (Å²) in [4.78, 5) is 23.5. The van der Waals surface area contributed by atoms with Crippen molar-refractivity contribution in [1.29, 1.82) is 0 Å². The maximum absolute atomic E-state index is 11.9. The summed E-state index contributed by atoms with van der Waals surface area (Å²) in [6.07, 6.45) is 0.503. The second-order valence-corrected chi connectivity index (χ2v) is 5.19. The summed E-state index contributed by atoms with van der Waals surface area (Å²) < 4.78 is 4.68. The number of anilines is 1. The monoisotopic (exact) mass is 298 g/mol. The number of rotatable bonds is 5. The molecule has 110 valence electrons. The van der Waals surface area contributed by atoms with Crippen molar-refractivity contribution in [3.05, 3.63) is 29.3 Å². The number of ether oxygens (including phenoxy) is 1. The maximum atomic E-state index is 11.9. The van der Waals surface area contributed by atoms with E-state index < -0.39 is 18.0 Å². The number of carbonyl (C=O) groups is 2. The van der Waals surface area contributed by atoms with Gasteiger partial charge in [-0.05, 0) is 24.5 Å². The highest BCUT2D eigenvalue weighted by molar-refractivity contribution is 6.33. The van der Waals surface area contributed by atoms with Gasteiger partial charge in [-0.2, -0.15) is 0 Å². The number of halogens is 1. The van der Waals surface area contributed by atoms with Crippen LogP contribution in [0.5, 0.6) is 0 Å². The van der Waals surface area contributed by atoms with Gasteiger partial charge in [0.15, 0.2) is 0 Å².